The Morgan fingerprint density at radius 2 is 1.64 bits per heavy atom. The molecule has 0 radical (unpaired) electrons. The van der Waals surface area contributed by atoms with E-state index in [0.29, 0.717) is 42.0 Å². The van der Waals surface area contributed by atoms with Crippen LogP contribution in [-0.4, -0.2) is 30.2 Å². The van der Waals surface area contributed by atoms with Gasteiger partial charge in [0.2, 0.25) is 0 Å². The molecule has 1 aliphatic carbocycles. The molecule has 4 rings (SSSR count). The van der Waals surface area contributed by atoms with Crippen LogP contribution in [0.3, 0.4) is 0 Å². The number of anilines is 3. The van der Waals surface area contributed by atoms with E-state index in [-0.39, 0.29) is 11.7 Å². The monoisotopic (exact) mass is 533 g/mol. The van der Waals surface area contributed by atoms with E-state index >= 15 is 0 Å². The van der Waals surface area contributed by atoms with Crippen molar-refractivity contribution in [1.29, 1.82) is 0 Å². The fourth-order valence-corrected chi connectivity index (χ4v) is 4.37. The first kappa shape index (κ1) is 27.6. The van der Waals surface area contributed by atoms with Crippen LogP contribution >= 0.6 is 0 Å². The van der Waals surface area contributed by atoms with E-state index in [1.807, 2.05) is 6.92 Å². The third-order valence-corrected chi connectivity index (χ3v) is 6.16. The maximum Gasteiger partial charge on any atom is 0.414 e. The summed E-state index contributed by atoms with van der Waals surface area (Å²) >= 11 is 0. The van der Waals surface area contributed by atoms with Gasteiger partial charge in [-0.1, -0.05) is 18.2 Å². The molecule has 1 atom stereocenters. The molecule has 0 bridgehead atoms. The Morgan fingerprint density at radius 1 is 0.974 bits per heavy atom. The summed E-state index contributed by atoms with van der Waals surface area (Å²) in [7, 11) is 0. The first-order valence-corrected chi connectivity index (χ1v) is 12.8. The number of nitrogens with zero attached hydrogens (tertiary/aromatic N) is 1. The number of amides is 3. The average molecular weight is 534 g/mol. The van der Waals surface area contributed by atoms with Crippen LogP contribution in [0.1, 0.15) is 61.7 Å². The zero-order valence-corrected chi connectivity index (χ0v) is 22.4. The number of fused-ring (bicyclic) bond motifs is 1. The van der Waals surface area contributed by atoms with Gasteiger partial charge in [-0.15, -0.1) is 0 Å². The standard InChI is InChI=1S/C30H32FN3O5/c1-5-34(22-14-12-21(31)13-15-22)29(37)38-26-17-11-19-18-20(10-16-23(19)26)27(35)32-24-8-6-7-9-25(24)33-28(36)39-30(2,3)4/h6-10,12-16,18,26H,5,11,17H2,1-4H3,(H,32,35)(H,33,36). The summed E-state index contributed by atoms with van der Waals surface area (Å²) in [5.41, 5.74) is 2.95. The van der Waals surface area contributed by atoms with E-state index in [0.717, 1.165) is 11.1 Å². The summed E-state index contributed by atoms with van der Waals surface area (Å²) in [5.74, 6) is -0.722. The number of hydrogen-bond acceptors (Lipinski definition) is 5. The van der Waals surface area contributed by atoms with E-state index in [1.54, 1.807) is 63.2 Å². The summed E-state index contributed by atoms with van der Waals surface area (Å²) in [6.45, 7) is 7.49. The smallest absolute Gasteiger partial charge is 0.414 e. The molecule has 1 aliphatic rings. The third kappa shape index (κ3) is 6.93. The molecule has 39 heavy (non-hydrogen) atoms. The molecule has 0 aromatic heterocycles. The van der Waals surface area contributed by atoms with Gasteiger partial charge in [-0.05, 0) is 100 Å². The Hall–Kier alpha value is -4.40. The highest BCUT2D eigenvalue weighted by molar-refractivity contribution is 6.07. The Kier molecular flexibility index (Phi) is 8.18. The number of aryl methyl sites for hydroxylation is 1. The number of nitrogens with one attached hydrogen (secondary N) is 2. The Bertz CT molecular complexity index is 1370. The molecule has 0 spiro atoms. The molecule has 3 aromatic carbocycles. The lowest BCUT2D eigenvalue weighted by molar-refractivity contribution is 0.0635. The van der Waals surface area contributed by atoms with Gasteiger partial charge in [-0.25, -0.2) is 14.0 Å². The van der Waals surface area contributed by atoms with Gasteiger partial charge < -0.3 is 14.8 Å². The highest BCUT2D eigenvalue weighted by Crippen LogP contribution is 2.35. The topological polar surface area (TPSA) is 97.0 Å². The normalized spacial score (nSPS) is 14.2. The summed E-state index contributed by atoms with van der Waals surface area (Å²) in [5, 5.41) is 5.52. The van der Waals surface area contributed by atoms with Gasteiger partial charge in [0, 0.05) is 17.8 Å². The van der Waals surface area contributed by atoms with Crippen LogP contribution in [-0.2, 0) is 15.9 Å². The number of ether oxygens (including phenoxy) is 2. The lowest BCUT2D eigenvalue weighted by Gasteiger charge is -2.23. The number of carbonyl (C=O) groups is 3. The number of rotatable bonds is 6. The predicted octanol–water partition coefficient (Wildman–Crippen LogP) is 7.08. The predicted molar refractivity (Wildman–Crippen MR) is 148 cm³/mol. The molecule has 2 N–H and O–H groups in total. The fourth-order valence-electron chi connectivity index (χ4n) is 4.37. The van der Waals surface area contributed by atoms with E-state index in [4.69, 9.17) is 9.47 Å². The second kappa shape index (κ2) is 11.6. The molecule has 0 aliphatic heterocycles. The van der Waals surface area contributed by atoms with Crippen molar-refractivity contribution in [2.24, 2.45) is 0 Å². The van der Waals surface area contributed by atoms with Crippen molar-refractivity contribution in [1.82, 2.24) is 0 Å². The molecular formula is C30H32FN3O5. The number of benzene rings is 3. The van der Waals surface area contributed by atoms with Crippen molar-refractivity contribution in [3.63, 3.8) is 0 Å². The number of para-hydroxylation sites is 2. The largest absolute Gasteiger partial charge is 0.444 e. The zero-order valence-electron chi connectivity index (χ0n) is 22.4. The van der Waals surface area contributed by atoms with Crippen molar-refractivity contribution >= 4 is 35.2 Å². The minimum Gasteiger partial charge on any atom is -0.444 e. The lowest BCUT2D eigenvalue weighted by atomic mass is 10.0. The molecule has 9 heteroatoms. The van der Waals surface area contributed by atoms with Gasteiger partial charge in [-0.2, -0.15) is 0 Å². The molecule has 0 saturated heterocycles. The first-order chi connectivity index (χ1) is 18.5. The van der Waals surface area contributed by atoms with Gasteiger partial charge >= 0.3 is 12.2 Å². The molecule has 1 unspecified atom stereocenters. The van der Waals surface area contributed by atoms with Crippen molar-refractivity contribution in [3.8, 4) is 0 Å². The van der Waals surface area contributed by atoms with Gasteiger partial charge in [0.15, 0.2) is 0 Å². The number of carbonyl (C=O) groups excluding carboxylic acids is 3. The molecule has 0 saturated carbocycles. The second-order valence-electron chi connectivity index (χ2n) is 10.2. The SMILES string of the molecule is CCN(C(=O)OC1CCc2cc(C(=O)Nc3ccccc3NC(=O)OC(C)(C)C)ccc21)c1ccc(F)cc1. The zero-order chi connectivity index (χ0) is 28.2. The van der Waals surface area contributed by atoms with Gasteiger partial charge in [0.05, 0.1) is 11.4 Å². The third-order valence-electron chi connectivity index (χ3n) is 6.16. The molecule has 3 amide bonds. The highest BCUT2D eigenvalue weighted by Gasteiger charge is 2.29. The minimum absolute atomic E-state index is 0.342. The molecular weight excluding hydrogens is 501 g/mol. The Balaban J connectivity index is 1.43. The van der Waals surface area contributed by atoms with E-state index < -0.39 is 23.9 Å². The van der Waals surface area contributed by atoms with Crippen LogP contribution in [0.4, 0.5) is 31.0 Å². The van der Waals surface area contributed by atoms with E-state index in [9.17, 15) is 18.8 Å². The quantitative estimate of drug-likeness (QED) is 0.353. The van der Waals surface area contributed by atoms with Crippen LogP contribution < -0.4 is 15.5 Å². The van der Waals surface area contributed by atoms with Crippen molar-refractivity contribution < 1.29 is 28.2 Å². The molecule has 0 fully saturated rings. The van der Waals surface area contributed by atoms with E-state index in [2.05, 4.69) is 10.6 Å². The number of halogens is 1. The van der Waals surface area contributed by atoms with Crippen molar-refractivity contribution in [2.75, 3.05) is 22.1 Å². The lowest BCUT2D eigenvalue weighted by Crippen LogP contribution is -2.32. The summed E-state index contributed by atoms with van der Waals surface area (Å²) in [6, 6.07) is 17.8. The maximum absolute atomic E-state index is 13.3. The fraction of sp³-hybridized carbons (Fsp3) is 0.300. The van der Waals surface area contributed by atoms with Gasteiger partial charge in [0.25, 0.3) is 5.91 Å². The highest BCUT2D eigenvalue weighted by atomic mass is 19.1. The van der Waals surface area contributed by atoms with Crippen LogP contribution in [0.5, 0.6) is 0 Å². The van der Waals surface area contributed by atoms with Crippen LogP contribution in [0.25, 0.3) is 0 Å². The molecule has 0 heterocycles. The van der Waals surface area contributed by atoms with Crippen LogP contribution in [0.15, 0.2) is 66.7 Å². The summed E-state index contributed by atoms with van der Waals surface area (Å²) in [4.78, 5) is 39.6. The molecule has 204 valence electrons. The van der Waals surface area contributed by atoms with E-state index in [1.165, 1.54) is 29.2 Å². The van der Waals surface area contributed by atoms with Crippen molar-refractivity contribution in [3.05, 3.63) is 89.2 Å². The summed E-state index contributed by atoms with van der Waals surface area (Å²) < 4.78 is 24.4. The number of hydrogen-bond donors (Lipinski definition) is 2. The summed E-state index contributed by atoms with van der Waals surface area (Å²) in [6.07, 6.45) is -0.344. The molecule has 8 nitrogen and oxygen atoms in total. The Morgan fingerprint density at radius 3 is 2.28 bits per heavy atom. The minimum atomic E-state index is -0.658. The molecule has 3 aromatic rings. The van der Waals surface area contributed by atoms with Gasteiger partial charge in [0.1, 0.15) is 17.5 Å². The van der Waals surface area contributed by atoms with Crippen LogP contribution in [0, 0.1) is 5.82 Å². The average Bonchev–Trinajstić information content (AvgIpc) is 3.27. The first-order valence-electron chi connectivity index (χ1n) is 12.8. The second-order valence-corrected chi connectivity index (χ2v) is 10.2. The van der Waals surface area contributed by atoms with Crippen molar-refractivity contribution in [2.45, 2.75) is 52.2 Å². The Labute approximate surface area is 227 Å². The maximum atomic E-state index is 13.3. The van der Waals surface area contributed by atoms with Gasteiger partial charge in [-0.3, -0.25) is 15.0 Å². The van der Waals surface area contributed by atoms with Crippen LogP contribution in [0.2, 0.25) is 0 Å².